The second-order valence-corrected chi connectivity index (χ2v) is 8.03. The number of para-hydroxylation sites is 1. The first-order valence-electron chi connectivity index (χ1n) is 9.21. The summed E-state index contributed by atoms with van der Waals surface area (Å²) in [6.07, 6.45) is 1.45. The van der Waals surface area contributed by atoms with E-state index in [1.807, 2.05) is 0 Å². The maximum atomic E-state index is 13.0. The number of nitro groups is 1. The molecular weight excluding hydrogens is 436 g/mol. The van der Waals surface area contributed by atoms with Gasteiger partial charge in [-0.1, -0.05) is 12.1 Å². The van der Waals surface area contributed by atoms with Crippen molar-refractivity contribution in [2.45, 2.75) is 4.90 Å². The molecule has 10 nitrogen and oxygen atoms in total. The van der Waals surface area contributed by atoms with Crippen LogP contribution in [0.15, 0.2) is 76.7 Å². The quantitative estimate of drug-likeness (QED) is 0.284. The van der Waals surface area contributed by atoms with E-state index in [0.717, 1.165) is 6.07 Å². The Morgan fingerprint density at radius 3 is 2.38 bits per heavy atom. The SMILES string of the molecule is COc1ccc(NS(=O)(=O)c2cc([N+](=O)[O-])ccc2N/N=C\c2ccccc2OC)cc1. The largest absolute Gasteiger partial charge is 0.497 e. The highest BCUT2D eigenvalue weighted by Gasteiger charge is 2.22. The van der Waals surface area contributed by atoms with E-state index in [-0.39, 0.29) is 22.0 Å². The van der Waals surface area contributed by atoms with Gasteiger partial charge in [0.2, 0.25) is 0 Å². The molecule has 3 rings (SSSR count). The molecule has 0 aliphatic rings. The lowest BCUT2D eigenvalue weighted by Crippen LogP contribution is -2.15. The number of rotatable bonds is 9. The zero-order chi connectivity index (χ0) is 23.1. The smallest absolute Gasteiger partial charge is 0.270 e. The van der Waals surface area contributed by atoms with E-state index in [9.17, 15) is 18.5 Å². The molecule has 0 fully saturated rings. The molecule has 0 aliphatic carbocycles. The lowest BCUT2D eigenvalue weighted by Gasteiger charge is -2.12. The number of hydrogen-bond acceptors (Lipinski definition) is 8. The standard InChI is InChI=1S/C21H20N4O6S/c1-30-18-10-7-16(8-11-18)24-32(28,29)21-13-17(25(26)27)9-12-19(21)23-22-14-15-5-3-4-6-20(15)31-2/h3-14,23-24H,1-2H3/b22-14-. The predicted octanol–water partition coefficient (Wildman–Crippen LogP) is 3.86. The summed E-state index contributed by atoms with van der Waals surface area (Å²) in [6, 6.07) is 16.7. The summed E-state index contributed by atoms with van der Waals surface area (Å²) in [7, 11) is -1.17. The lowest BCUT2D eigenvalue weighted by molar-refractivity contribution is -0.385. The lowest BCUT2D eigenvalue weighted by atomic mass is 10.2. The molecule has 0 amide bonds. The van der Waals surface area contributed by atoms with Crippen LogP contribution < -0.4 is 19.6 Å². The third-order valence-corrected chi connectivity index (χ3v) is 5.76. The van der Waals surface area contributed by atoms with Crippen LogP contribution in [0, 0.1) is 10.1 Å². The zero-order valence-corrected chi connectivity index (χ0v) is 18.0. The van der Waals surface area contributed by atoms with Gasteiger partial charge in [0.05, 0.1) is 31.0 Å². The highest BCUT2D eigenvalue weighted by atomic mass is 32.2. The molecule has 32 heavy (non-hydrogen) atoms. The molecule has 0 heterocycles. The van der Waals surface area contributed by atoms with Crippen molar-refractivity contribution >= 4 is 33.3 Å². The monoisotopic (exact) mass is 456 g/mol. The van der Waals surface area contributed by atoms with Gasteiger partial charge >= 0.3 is 0 Å². The van der Waals surface area contributed by atoms with Crippen LogP contribution in [0.5, 0.6) is 11.5 Å². The van der Waals surface area contributed by atoms with Crippen LogP contribution in [0.3, 0.4) is 0 Å². The topological polar surface area (TPSA) is 132 Å². The Morgan fingerprint density at radius 1 is 1.00 bits per heavy atom. The number of nitrogens with one attached hydrogen (secondary N) is 2. The van der Waals surface area contributed by atoms with Crippen molar-refractivity contribution < 1.29 is 22.8 Å². The molecule has 0 bridgehead atoms. The Labute approximate surface area is 184 Å². The number of hydrazone groups is 1. The molecule has 0 saturated carbocycles. The van der Waals surface area contributed by atoms with E-state index in [2.05, 4.69) is 15.2 Å². The van der Waals surface area contributed by atoms with Crippen LogP contribution in [0.2, 0.25) is 0 Å². The van der Waals surface area contributed by atoms with Crippen molar-refractivity contribution in [2.24, 2.45) is 5.10 Å². The van der Waals surface area contributed by atoms with Crippen LogP contribution in [0.1, 0.15) is 5.56 Å². The van der Waals surface area contributed by atoms with Gasteiger partial charge in [-0.2, -0.15) is 5.10 Å². The average Bonchev–Trinajstić information content (AvgIpc) is 2.79. The van der Waals surface area contributed by atoms with E-state index < -0.39 is 14.9 Å². The molecule has 166 valence electrons. The first-order valence-corrected chi connectivity index (χ1v) is 10.7. The minimum atomic E-state index is -4.18. The predicted molar refractivity (Wildman–Crippen MR) is 121 cm³/mol. The van der Waals surface area contributed by atoms with Gasteiger partial charge in [0.1, 0.15) is 16.4 Å². The summed E-state index contributed by atoms with van der Waals surface area (Å²) in [5.74, 6) is 1.13. The summed E-state index contributed by atoms with van der Waals surface area (Å²) in [4.78, 5) is 10.2. The normalized spacial score (nSPS) is 11.2. The van der Waals surface area contributed by atoms with Gasteiger partial charge < -0.3 is 9.47 Å². The van der Waals surface area contributed by atoms with Crippen molar-refractivity contribution in [1.82, 2.24) is 0 Å². The minimum absolute atomic E-state index is 0.0581. The molecule has 0 unspecified atom stereocenters. The number of benzene rings is 3. The van der Waals surface area contributed by atoms with E-state index in [1.165, 1.54) is 44.7 Å². The van der Waals surface area contributed by atoms with Crippen molar-refractivity contribution in [1.29, 1.82) is 0 Å². The summed E-state index contributed by atoms with van der Waals surface area (Å²) < 4.78 is 38.7. The van der Waals surface area contributed by atoms with Crippen LogP contribution in [-0.4, -0.2) is 33.8 Å². The van der Waals surface area contributed by atoms with Crippen molar-refractivity contribution in [3.05, 3.63) is 82.4 Å². The van der Waals surface area contributed by atoms with E-state index in [4.69, 9.17) is 9.47 Å². The van der Waals surface area contributed by atoms with Crippen molar-refractivity contribution in [3.8, 4) is 11.5 Å². The number of non-ortho nitro benzene ring substituents is 1. The Morgan fingerprint density at radius 2 is 1.72 bits per heavy atom. The highest BCUT2D eigenvalue weighted by Crippen LogP contribution is 2.29. The van der Waals surface area contributed by atoms with Crippen LogP contribution in [0.25, 0.3) is 0 Å². The summed E-state index contributed by atoms with van der Waals surface area (Å²) >= 11 is 0. The third-order valence-electron chi connectivity index (χ3n) is 4.34. The first-order chi connectivity index (χ1) is 15.3. The molecule has 2 N–H and O–H groups in total. The maximum Gasteiger partial charge on any atom is 0.270 e. The molecule has 0 atom stereocenters. The Balaban J connectivity index is 1.93. The zero-order valence-electron chi connectivity index (χ0n) is 17.2. The molecule has 0 radical (unpaired) electrons. The maximum absolute atomic E-state index is 13.0. The van der Waals surface area contributed by atoms with Gasteiger partial charge in [0, 0.05) is 23.4 Å². The molecule has 3 aromatic carbocycles. The number of methoxy groups -OCH3 is 2. The summed E-state index contributed by atoms with van der Waals surface area (Å²) in [6.45, 7) is 0. The van der Waals surface area contributed by atoms with Gasteiger partial charge in [-0.15, -0.1) is 0 Å². The number of ether oxygens (including phenoxy) is 2. The van der Waals surface area contributed by atoms with E-state index in [1.54, 1.807) is 36.4 Å². The van der Waals surface area contributed by atoms with Gasteiger partial charge in [-0.3, -0.25) is 20.3 Å². The molecule has 0 aromatic heterocycles. The van der Waals surface area contributed by atoms with Crippen LogP contribution in [0.4, 0.5) is 17.1 Å². The second-order valence-electron chi connectivity index (χ2n) is 6.38. The number of nitro benzene ring substituents is 1. The van der Waals surface area contributed by atoms with Gasteiger partial charge in [0.15, 0.2) is 0 Å². The second kappa shape index (κ2) is 9.79. The number of hydrogen-bond donors (Lipinski definition) is 2. The molecule has 0 saturated heterocycles. The number of nitrogens with zero attached hydrogens (tertiary/aromatic N) is 2. The Hall–Kier alpha value is -4.12. The molecular formula is C21H20N4O6S. The summed E-state index contributed by atoms with van der Waals surface area (Å²) in [5, 5.41) is 15.3. The summed E-state index contributed by atoms with van der Waals surface area (Å²) in [5.41, 5.74) is 3.25. The van der Waals surface area contributed by atoms with Crippen LogP contribution >= 0.6 is 0 Å². The van der Waals surface area contributed by atoms with Crippen LogP contribution in [-0.2, 0) is 10.0 Å². The third kappa shape index (κ3) is 5.32. The number of sulfonamides is 1. The van der Waals surface area contributed by atoms with Crippen molar-refractivity contribution in [2.75, 3.05) is 24.4 Å². The Kier molecular flexibility index (Phi) is 6.90. The molecule has 3 aromatic rings. The first kappa shape index (κ1) is 22.6. The highest BCUT2D eigenvalue weighted by molar-refractivity contribution is 7.92. The fraction of sp³-hybridized carbons (Fsp3) is 0.0952. The fourth-order valence-corrected chi connectivity index (χ4v) is 3.99. The van der Waals surface area contributed by atoms with Gasteiger partial charge in [0.25, 0.3) is 15.7 Å². The Bertz CT molecular complexity index is 1240. The molecule has 11 heteroatoms. The van der Waals surface area contributed by atoms with Gasteiger partial charge in [-0.05, 0) is 42.5 Å². The average molecular weight is 456 g/mol. The molecule has 0 spiro atoms. The number of anilines is 2. The molecule has 0 aliphatic heterocycles. The van der Waals surface area contributed by atoms with E-state index in [0.29, 0.717) is 17.1 Å². The van der Waals surface area contributed by atoms with Crippen molar-refractivity contribution in [3.63, 3.8) is 0 Å². The van der Waals surface area contributed by atoms with Gasteiger partial charge in [-0.25, -0.2) is 8.42 Å². The fourth-order valence-electron chi connectivity index (χ4n) is 2.75. The van der Waals surface area contributed by atoms with E-state index >= 15 is 0 Å². The minimum Gasteiger partial charge on any atom is -0.497 e.